The molecule has 0 saturated carbocycles. The average Bonchev–Trinajstić information content (AvgIpc) is 2.96. The maximum atomic E-state index is 13.0. The number of fused-ring (bicyclic) bond motifs is 1. The van der Waals surface area contributed by atoms with E-state index in [9.17, 15) is 4.79 Å². The van der Waals surface area contributed by atoms with Crippen LogP contribution in [0.3, 0.4) is 0 Å². The zero-order valence-corrected chi connectivity index (χ0v) is 15.2. The molecule has 6 heteroatoms. The molecule has 0 saturated heterocycles. The van der Waals surface area contributed by atoms with Crippen molar-refractivity contribution in [1.29, 1.82) is 0 Å². The standard InChI is InChI=1S/C18H17ClN2O2S/c1-4-23-13-9-10-20-18-14(13)15(21(2)3)17(24-18)16(22)11-5-7-12(19)8-6-11/h5-10H,4H2,1-3H3. The summed E-state index contributed by atoms with van der Waals surface area (Å²) in [6, 6.07) is 8.77. The van der Waals surface area contributed by atoms with Gasteiger partial charge in [-0.1, -0.05) is 11.6 Å². The van der Waals surface area contributed by atoms with Gasteiger partial charge in [0.05, 0.1) is 17.7 Å². The lowest BCUT2D eigenvalue weighted by atomic mass is 10.1. The number of thiophene rings is 1. The van der Waals surface area contributed by atoms with Crippen LogP contribution in [0.2, 0.25) is 5.02 Å². The summed E-state index contributed by atoms with van der Waals surface area (Å²) in [6.45, 7) is 2.50. The van der Waals surface area contributed by atoms with Gasteiger partial charge in [-0.15, -0.1) is 11.3 Å². The molecule has 0 unspecified atom stereocenters. The molecule has 0 spiro atoms. The number of carbonyl (C=O) groups excluding carboxylic acids is 1. The van der Waals surface area contributed by atoms with Gasteiger partial charge in [-0.25, -0.2) is 4.98 Å². The fourth-order valence-corrected chi connectivity index (χ4v) is 3.89. The number of anilines is 1. The van der Waals surface area contributed by atoms with Gasteiger partial charge >= 0.3 is 0 Å². The first kappa shape index (κ1) is 16.7. The molecule has 0 aliphatic carbocycles. The van der Waals surface area contributed by atoms with E-state index in [1.807, 2.05) is 32.0 Å². The largest absolute Gasteiger partial charge is 0.493 e. The molecule has 0 atom stereocenters. The number of rotatable bonds is 5. The van der Waals surface area contributed by atoms with E-state index in [2.05, 4.69) is 4.98 Å². The van der Waals surface area contributed by atoms with Crippen molar-refractivity contribution < 1.29 is 9.53 Å². The SMILES string of the molecule is CCOc1ccnc2sc(C(=O)c3ccc(Cl)cc3)c(N(C)C)c12. The van der Waals surface area contributed by atoms with Gasteiger partial charge in [-0.05, 0) is 37.3 Å². The third kappa shape index (κ3) is 2.97. The van der Waals surface area contributed by atoms with Gasteiger partial charge in [-0.3, -0.25) is 4.79 Å². The highest BCUT2D eigenvalue weighted by Crippen LogP contribution is 2.42. The molecule has 2 heterocycles. The number of carbonyl (C=O) groups is 1. The van der Waals surface area contributed by atoms with E-state index in [0.29, 0.717) is 22.1 Å². The first-order valence-electron chi connectivity index (χ1n) is 7.54. The predicted molar refractivity (Wildman–Crippen MR) is 100 cm³/mol. The van der Waals surface area contributed by atoms with Crippen molar-refractivity contribution in [3.8, 4) is 5.75 Å². The summed E-state index contributed by atoms with van der Waals surface area (Å²) in [5.74, 6) is 0.707. The molecule has 0 bridgehead atoms. The molecular weight excluding hydrogens is 344 g/mol. The van der Waals surface area contributed by atoms with Crippen LogP contribution < -0.4 is 9.64 Å². The quantitative estimate of drug-likeness (QED) is 0.621. The van der Waals surface area contributed by atoms with Crippen molar-refractivity contribution in [2.75, 3.05) is 25.6 Å². The maximum absolute atomic E-state index is 13.0. The smallest absolute Gasteiger partial charge is 0.205 e. The summed E-state index contributed by atoms with van der Waals surface area (Å²) in [5, 5.41) is 1.49. The van der Waals surface area contributed by atoms with Crippen LogP contribution in [-0.2, 0) is 0 Å². The number of ether oxygens (including phenoxy) is 1. The molecule has 0 aliphatic rings. The van der Waals surface area contributed by atoms with Crippen LogP contribution in [0, 0.1) is 0 Å². The van der Waals surface area contributed by atoms with Crippen LogP contribution in [0.4, 0.5) is 5.69 Å². The van der Waals surface area contributed by atoms with Crippen molar-refractivity contribution in [3.05, 3.63) is 52.0 Å². The molecule has 24 heavy (non-hydrogen) atoms. The third-order valence-corrected chi connectivity index (χ3v) is 4.93. The number of halogens is 1. The zero-order chi connectivity index (χ0) is 17.3. The third-order valence-electron chi connectivity index (χ3n) is 3.59. The molecular formula is C18H17ClN2O2S. The summed E-state index contributed by atoms with van der Waals surface area (Å²) in [7, 11) is 3.84. The Morgan fingerprint density at radius 2 is 1.96 bits per heavy atom. The minimum Gasteiger partial charge on any atom is -0.493 e. The minimum atomic E-state index is -0.0409. The van der Waals surface area contributed by atoms with Gasteiger partial charge in [0.15, 0.2) is 0 Å². The van der Waals surface area contributed by atoms with Gasteiger partial charge in [-0.2, -0.15) is 0 Å². The number of ketones is 1. The second-order valence-corrected chi connectivity index (χ2v) is 6.87. The zero-order valence-electron chi connectivity index (χ0n) is 13.7. The highest BCUT2D eigenvalue weighted by molar-refractivity contribution is 7.21. The molecule has 1 aromatic carbocycles. The topological polar surface area (TPSA) is 42.4 Å². The number of nitrogens with zero attached hydrogens (tertiary/aromatic N) is 2. The maximum Gasteiger partial charge on any atom is 0.205 e. The Bertz CT molecular complexity index is 888. The second kappa shape index (κ2) is 6.79. The monoisotopic (exact) mass is 360 g/mol. The number of aromatic nitrogens is 1. The number of benzene rings is 1. The highest BCUT2D eigenvalue weighted by Gasteiger charge is 2.24. The summed E-state index contributed by atoms with van der Waals surface area (Å²) >= 11 is 7.30. The molecule has 0 amide bonds. The Kier molecular flexibility index (Phi) is 4.73. The van der Waals surface area contributed by atoms with E-state index in [-0.39, 0.29) is 5.78 Å². The Morgan fingerprint density at radius 3 is 2.58 bits per heavy atom. The van der Waals surface area contributed by atoms with Crippen molar-refractivity contribution in [2.24, 2.45) is 0 Å². The van der Waals surface area contributed by atoms with Crippen molar-refractivity contribution in [1.82, 2.24) is 4.98 Å². The Hall–Kier alpha value is -2.11. The summed E-state index contributed by atoms with van der Waals surface area (Å²) in [4.78, 5) is 20.8. The first-order valence-corrected chi connectivity index (χ1v) is 8.74. The predicted octanol–water partition coefficient (Wildman–Crippen LogP) is 4.65. The summed E-state index contributed by atoms with van der Waals surface area (Å²) in [5.41, 5.74) is 1.44. The van der Waals surface area contributed by atoms with E-state index in [1.165, 1.54) is 11.3 Å². The summed E-state index contributed by atoms with van der Waals surface area (Å²) in [6.07, 6.45) is 1.71. The van der Waals surface area contributed by atoms with E-state index >= 15 is 0 Å². The molecule has 0 aliphatic heterocycles. The molecule has 3 rings (SSSR count). The molecule has 2 aromatic heterocycles. The van der Waals surface area contributed by atoms with Crippen molar-refractivity contribution in [2.45, 2.75) is 6.92 Å². The van der Waals surface area contributed by atoms with E-state index in [4.69, 9.17) is 16.3 Å². The number of hydrogen-bond acceptors (Lipinski definition) is 5. The Morgan fingerprint density at radius 1 is 1.25 bits per heavy atom. The van der Waals surface area contributed by atoms with Gasteiger partial charge < -0.3 is 9.64 Å². The molecule has 0 N–H and O–H groups in total. The molecule has 0 radical (unpaired) electrons. The van der Waals surface area contributed by atoms with E-state index in [0.717, 1.165) is 21.7 Å². The lowest BCUT2D eigenvalue weighted by Gasteiger charge is -2.15. The number of pyridine rings is 1. The summed E-state index contributed by atoms with van der Waals surface area (Å²) < 4.78 is 5.74. The highest BCUT2D eigenvalue weighted by atomic mass is 35.5. The minimum absolute atomic E-state index is 0.0409. The van der Waals surface area contributed by atoms with Gasteiger partial charge in [0.2, 0.25) is 5.78 Å². The van der Waals surface area contributed by atoms with Gasteiger partial charge in [0, 0.05) is 30.9 Å². The molecule has 0 fully saturated rings. The molecule has 124 valence electrons. The van der Waals surface area contributed by atoms with Crippen LogP contribution in [0.25, 0.3) is 10.2 Å². The number of hydrogen-bond donors (Lipinski definition) is 0. The van der Waals surface area contributed by atoms with Crippen LogP contribution in [0.1, 0.15) is 22.2 Å². The Labute approximate surface area is 149 Å². The normalized spacial score (nSPS) is 10.8. The fourth-order valence-electron chi connectivity index (χ4n) is 2.57. The van der Waals surface area contributed by atoms with E-state index < -0.39 is 0 Å². The lowest BCUT2D eigenvalue weighted by molar-refractivity contribution is 0.104. The van der Waals surface area contributed by atoms with Gasteiger partial charge in [0.25, 0.3) is 0 Å². The van der Waals surface area contributed by atoms with Crippen molar-refractivity contribution >= 4 is 44.6 Å². The second-order valence-electron chi connectivity index (χ2n) is 5.43. The molecule has 3 aromatic rings. The van der Waals surface area contributed by atoms with Crippen LogP contribution in [0.5, 0.6) is 5.75 Å². The van der Waals surface area contributed by atoms with Gasteiger partial charge in [0.1, 0.15) is 15.5 Å². The van der Waals surface area contributed by atoms with E-state index in [1.54, 1.807) is 30.5 Å². The van der Waals surface area contributed by atoms with Crippen LogP contribution in [0.15, 0.2) is 36.5 Å². The molecule has 4 nitrogen and oxygen atoms in total. The lowest BCUT2D eigenvalue weighted by Crippen LogP contribution is -2.13. The van der Waals surface area contributed by atoms with Crippen molar-refractivity contribution in [3.63, 3.8) is 0 Å². The average molecular weight is 361 g/mol. The Balaban J connectivity index is 2.20. The fraction of sp³-hybridized carbons (Fsp3) is 0.222. The van der Waals surface area contributed by atoms with Crippen LogP contribution in [-0.4, -0.2) is 31.5 Å². The van der Waals surface area contributed by atoms with Crippen LogP contribution >= 0.6 is 22.9 Å². The first-order chi connectivity index (χ1) is 11.5.